The predicted octanol–water partition coefficient (Wildman–Crippen LogP) is 2.75. The van der Waals surface area contributed by atoms with Crippen LogP contribution < -0.4 is 0 Å². The topological polar surface area (TPSA) is 29.3 Å². The minimum absolute atomic E-state index is 0.757. The molecule has 3 nitrogen and oxygen atoms in total. The highest BCUT2D eigenvalue weighted by Crippen LogP contribution is 2.22. The number of aryl methyl sites for hydroxylation is 1. The van der Waals surface area contributed by atoms with Gasteiger partial charge >= 0.3 is 0 Å². The van der Waals surface area contributed by atoms with Crippen LogP contribution in [0.2, 0.25) is 0 Å². The molecule has 2 heterocycles. The third-order valence-electron chi connectivity index (χ3n) is 3.44. The Balaban J connectivity index is 2.00. The molecule has 1 aliphatic rings. The molecule has 3 heteroatoms. The first-order chi connectivity index (χ1) is 7.31. The zero-order valence-corrected chi connectivity index (χ0v) is 9.70. The molecule has 1 aromatic rings. The molecule has 1 unspecified atom stereocenters. The van der Waals surface area contributed by atoms with Crippen molar-refractivity contribution in [3.05, 3.63) is 17.5 Å². The summed E-state index contributed by atoms with van der Waals surface area (Å²) in [6.07, 6.45) is 7.18. The minimum Gasteiger partial charge on any atom is -0.361 e. The number of nitrogens with zero attached hydrogens (tertiary/aromatic N) is 2. The van der Waals surface area contributed by atoms with Crippen molar-refractivity contribution in [2.45, 2.75) is 52.1 Å². The zero-order chi connectivity index (χ0) is 10.7. The van der Waals surface area contributed by atoms with Gasteiger partial charge in [0.1, 0.15) is 5.76 Å². The molecule has 1 fully saturated rings. The molecule has 0 bridgehead atoms. The summed E-state index contributed by atoms with van der Waals surface area (Å²) in [5, 5.41) is 3.84. The quantitative estimate of drug-likeness (QED) is 0.765. The van der Waals surface area contributed by atoms with E-state index in [-0.39, 0.29) is 0 Å². The van der Waals surface area contributed by atoms with E-state index in [0.717, 1.165) is 18.3 Å². The van der Waals surface area contributed by atoms with Crippen molar-refractivity contribution in [1.29, 1.82) is 0 Å². The molecule has 0 N–H and O–H groups in total. The summed E-state index contributed by atoms with van der Waals surface area (Å²) < 4.78 is 5.10. The second-order valence-electron chi connectivity index (χ2n) is 4.44. The average molecular weight is 208 g/mol. The van der Waals surface area contributed by atoms with E-state index >= 15 is 0 Å². The van der Waals surface area contributed by atoms with Gasteiger partial charge in [0.2, 0.25) is 0 Å². The largest absolute Gasteiger partial charge is 0.361 e. The Morgan fingerprint density at radius 1 is 1.53 bits per heavy atom. The van der Waals surface area contributed by atoms with E-state index < -0.39 is 0 Å². The lowest BCUT2D eigenvalue weighted by molar-refractivity contribution is 0.135. The normalized spacial score (nSPS) is 23.2. The number of piperidine rings is 1. The molecule has 0 spiro atoms. The monoisotopic (exact) mass is 208 g/mol. The van der Waals surface area contributed by atoms with Crippen molar-refractivity contribution in [2.75, 3.05) is 6.54 Å². The van der Waals surface area contributed by atoms with Crippen molar-refractivity contribution in [3.63, 3.8) is 0 Å². The Bertz CT molecular complexity index is 308. The van der Waals surface area contributed by atoms with Crippen LogP contribution in [0, 0.1) is 6.92 Å². The summed E-state index contributed by atoms with van der Waals surface area (Å²) >= 11 is 0. The second-order valence-corrected chi connectivity index (χ2v) is 4.44. The Kier molecular flexibility index (Phi) is 3.41. The molecule has 2 rings (SSSR count). The number of rotatable bonds is 3. The second kappa shape index (κ2) is 4.79. The van der Waals surface area contributed by atoms with Crippen LogP contribution in [-0.4, -0.2) is 22.6 Å². The van der Waals surface area contributed by atoms with Crippen LogP contribution in [0.3, 0.4) is 0 Å². The Morgan fingerprint density at radius 3 is 3.07 bits per heavy atom. The molecule has 0 radical (unpaired) electrons. The molecule has 0 saturated carbocycles. The summed E-state index contributed by atoms with van der Waals surface area (Å²) in [6, 6.07) is 0.757. The number of hydrogen-bond donors (Lipinski definition) is 0. The van der Waals surface area contributed by atoms with E-state index in [0.29, 0.717) is 0 Å². The van der Waals surface area contributed by atoms with Crippen molar-refractivity contribution < 1.29 is 4.52 Å². The van der Waals surface area contributed by atoms with E-state index in [9.17, 15) is 0 Å². The molecule has 0 amide bonds. The summed E-state index contributed by atoms with van der Waals surface area (Å²) in [6.45, 7) is 6.51. The van der Waals surface area contributed by atoms with Gasteiger partial charge in [-0.25, -0.2) is 0 Å². The van der Waals surface area contributed by atoms with Gasteiger partial charge in [0, 0.05) is 18.2 Å². The molecular weight excluding hydrogens is 188 g/mol. The third-order valence-corrected chi connectivity index (χ3v) is 3.44. The summed E-state index contributed by atoms with van der Waals surface area (Å²) in [5.41, 5.74) is 1.25. The van der Waals surface area contributed by atoms with Crippen LogP contribution >= 0.6 is 0 Å². The highest BCUT2D eigenvalue weighted by molar-refractivity contribution is 5.11. The molecule has 1 atom stereocenters. The molecule has 84 valence electrons. The van der Waals surface area contributed by atoms with Gasteiger partial charge in [-0.1, -0.05) is 18.5 Å². The average Bonchev–Trinajstić information content (AvgIpc) is 2.65. The van der Waals surface area contributed by atoms with Gasteiger partial charge in [-0.05, 0) is 32.7 Å². The Labute approximate surface area is 91.4 Å². The van der Waals surface area contributed by atoms with Crippen LogP contribution in [0.15, 0.2) is 10.7 Å². The zero-order valence-electron chi connectivity index (χ0n) is 9.70. The number of aromatic nitrogens is 1. The number of likely N-dealkylation sites (tertiary alicyclic amines) is 1. The molecule has 1 saturated heterocycles. The van der Waals surface area contributed by atoms with Crippen molar-refractivity contribution in [2.24, 2.45) is 0 Å². The first kappa shape index (κ1) is 10.7. The maximum atomic E-state index is 5.10. The molecule has 1 aliphatic heterocycles. The van der Waals surface area contributed by atoms with E-state index in [1.807, 2.05) is 13.1 Å². The van der Waals surface area contributed by atoms with Crippen molar-refractivity contribution >= 4 is 0 Å². The predicted molar refractivity (Wildman–Crippen MR) is 59.6 cm³/mol. The van der Waals surface area contributed by atoms with E-state index in [1.165, 1.54) is 37.8 Å². The van der Waals surface area contributed by atoms with Gasteiger partial charge < -0.3 is 4.52 Å². The molecule has 0 aromatic carbocycles. The van der Waals surface area contributed by atoms with Gasteiger partial charge in [-0.3, -0.25) is 4.90 Å². The van der Waals surface area contributed by atoms with Gasteiger partial charge in [0.25, 0.3) is 0 Å². The summed E-state index contributed by atoms with van der Waals surface area (Å²) in [7, 11) is 0. The van der Waals surface area contributed by atoms with Crippen LogP contribution in [0.25, 0.3) is 0 Å². The van der Waals surface area contributed by atoms with E-state index in [2.05, 4.69) is 17.0 Å². The third kappa shape index (κ3) is 2.40. The van der Waals surface area contributed by atoms with Crippen LogP contribution in [0.4, 0.5) is 0 Å². The number of hydrogen-bond acceptors (Lipinski definition) is 3. The van der Waals surface area contributed by atoms with Crippen LogP contribution in [0.5, 0.6) is 0 Å². The maximum Gasteiger partial charge on any atom is 0.138 e. The highest BCUT2D eigenvalue weighted by atomic mass is 16.5. The van der Waals surface area contributed by atoms with Crippen molar-refractivity contribution in [1.82, 2.24) is 10.1 Å². The fraction of sp³-hybridized carbons (Fsp3) is 0.750. The minimum atomic E-state index is 0.757. The summed E-state index contributed by atoms with van der Waals surface area (Å²) in [5.74, 6) is 0.968. The maximum absolute atomic E-state index is 5.10. The van der Waals surface area contributed by atoms with E-state index in [4.69, 9.17) is 4.52 Å². The molecule has 0 aliphatic carbocycles. The van der Waals surface area contributed by atoms with Crippen LogP contribution in [-0.2, 0) is 6.54 Å². The van der Waals surface area contributed by atoms with Crippen LogP contribution in [0.1, 0.15) is 43.9 Å². The van der Waals surface area contributed by atoms with Gasteiger partial charge in [-0.15, -0.1) is 0 Å². The van der Waals surface area contributed by atoms with Gasteiger partial charge in [-0.2, -0.15) is 0 Å². The lowest BCUT2D eigenvalue weighted by Gasteiger charge is -2.34. The van der Waals surface area contributed by atoms with Gasteiger partial charge in [0.05, 0.1) is 6.20 Å². The smallest absolute Gasteiger partial charge is 0.138 e. The first-order valence-corrected chi connectivity index (χ1v) is 5.95. The van der Waals surface area contributed by atoms with E-state index in [1.54, 1.807) is 0 Å². The SMILES string of the molecule is CCC1CCCCN1Cc1cnoc1C. The lowest BCUT2D eigenvalue weighted by Crippen LogP contribution is -2.38. The van der Waals surface area contributed by atoms with Crippen molar-refractivity contribution in [3.8, 4) is 0 Å². The molecular formula is C12H20N2O. The fourth-order valence-corrected chi connectivity index (χ4v) is 2.42. The standard InChI is InChI=1S/C12H20N2O/c1-3-12-6-4-5-7-14(12)9-11-8-13-15-10(11)2/h8,12H,3-7,9H2,1-2H3. The first-order valence-electron chi connectivity index (χ1n) is 5.95. The van der Waals surface area contributed by atoms with Gasteiger partial charge in [0.15, 0.2) is 0 Å². The molecule has 15 heavy (non-hydrogen) atoms. The Morgan fingerprint density at radius 2 is 2.40 bits per heavy atom. The highest BCUT2D eigenvalue weighted by Gasteiger charge is 2.21. The fourth-order valence-electron chi connectivity index (χ4n) is 2.42. The molecule has 1 aromatic heterocycles. The summed E-state index contributed by atoms with van der Waals surface area (Å²) in [4.78, 5) is 2.57. The Hall–Kier alpha value is -0.830. The lowest BCUT2D eigenvalue weighted by atomic mass is 9.99.